The Bertz CT molecular complexity index is 689. The summed E-state index contributed by atoms with van der Waals surface area (Å²) in [6, 6.07) is 9.82. The molecule has 2 aromatic rings. The van der Waals surface area contributed by atoms with Gasteiger partial charge < -0.3 is 9.05 Å². The second kappa shape index (κ2) is 7.01. The molecule has 1 aromatic heterocycles. The van der Waals surface area contributed by atoms with Crippen LogP contribution in [0.15, 0.2) is 36.5 Å². The Labute approximate surface area is 129 Å². The summed E-state index contributed by atoms with van der Waals surface area (Å²) in [7, 11) is -0.832. The van der Waals surface area contributed by atoms with Crippen molar-refractivity contribution in [1.82, 2.24) is 9.78 Å². The number of aryl methyl sites for hydroxylation is 1. The van der Waals surface area contributed by atoms with Crippen molar-refractivity contribution >= 4 is 13.4 Å². The van der Waals surface area contributed by atoms with E-state index in [-0.39, 0.29) is 11.9 Å². The summed E-state index contributed by atoms with van der Waals surface area (Å²) in [6.45, 7) is 2.32. The minimum absolute atomic E-state index is 0.294. The van der Waals surface area contributed by atoms with E-state index in [0.29, 0.717) is 17.8 Å². The molecule has 0 aliphatic rings. The molecule has 0 saturated heterocycles. The highest BCUT2D eigenvalue weighted by atomic mass is 31.2. The van der Waals surface area contributed by atoms with E-state index in [1.165, 1.54) is 14.2 Å². The van der Waals surface area contributed by atoms with E-state index in [2.05, 4.69) is 5.10 Å². The standard InChI is InChI=1S/C15H19N2O4P/c1-12-14(15(18)11-22(19,20-2)21-3)10-17(16-12)9-13-7-5-4-6-8-13/h4-8,10H,9,11H2,1-3H3. The van der Waals surface area contributed by atoms with Crippen LogP contribution in [0.1, 0.15) is 21.6 Å². The third-order valence-corrected chi connectivity index (χ3v) is 5.11. The lowest BCUT2D eigenvalue weighted by molar-refractivity contribution is 0.101. The monoisotopic (exact) mass is 322 g/mol. The van der Waals surface area contributed by atoms with Gasteiger partial charge in [0.15, 0.2) is 5.78 Å². The Morgan fingerprint density at radius 1 is 1.23 bits per heavy atom. The average Bonchev–Trinajstić information content (AvgIpc) is 2.88. The number of carbonyl (C=O) groups is 1. The Morgan fingerprint density at radius 2 is 1.86 bits per heavy atom. The summed E-state index contributed by atoms with van der Waals surface area (Å²) in [4.78, 5) is 12.3. The lowest BCUT2D eigenvalue weighted by Gasteiger charge is -2.11. The van der Waals surface area contributed by atoms with Gasteiger partial charge in [-0.3, -0.25) is 14.0 Å². The first-order chi connectivity index (χ1) is 10.5. The van der Waals surface area contributed by atoms with E-state index in [1.54, 1.807) is 17.8 Å². The molecule has 1 heterocycles. The van der Waals surface area contributed by atoms with E-state index in [0.717, 1.165) is 5.56 Å². The SMILES string of the molecule is COP(=O)(CC(=O)c1cn(Cc2ccccc2)nc1C)OC. The van der Waals surface area contributed by atoms with E-state index >= 15 is 0 Å². The fourth-order valence-electron chi connectivity index (χ4n) is 2.11. The molecule has 118 valence electrons. The van der Waals surface area contributed by atoms with Gasteiger partial charge in [-0.1, -0.05) is 30.3 Å². The summed E-state index contributed by atoms with van der Waals surface area (Å²) in [5.74, 6) is -0.302. The molecule has 1 aromatic carbocycles. The van der Waals surface area contributed by atoms with Crippen molar-refractivity contribution in [2.75, 3.05) is 20.4 Å². The fraction of sp³-hybridized carbons (Fsp3) is 0.333. The Morgan fingerprint density at radius 3 is 2.45 bits per heavy atom. The second-order valence-electron chi connectivity index (χ2n) is 4.87. The number of benzene rings is 1. The molecule has 0 unspecified atom stereocenters. The van der Waals surface area contributed by atoms with Crippen LogP contribution >= 0.6 is 7.60 Å². The molecule has 0 N–H and O–H groups in total. The van der Waals surface area contributed by atoms with Gasteiger partial charge in [0.1, 0.15) is 6.16 Å². The van der Waals surface area contributed by atoms with E-state index in [9.17, 15) is 9.36 Å². The molecule has 0 amide bonds. The van der Waals surface area contributed by atoms with Gasteiger partial charge in [-0.05, 0) is 12.5 Å². The van der Waals surface area contributed by atoms with Crippen molar-refractivity contribution in [3.8, 4) is 0 Å². The van der Waals surface area contributed by atoms with Crippen LogP contribution in [-0.2, 0) is 20.2 Å². The van der Waals surface area contributed by atoms with Crippen LogP contribution in [-0.4, -0.2) is 35.9 Å². The van der Waals surface area contributed by atoms with E-state index in [4.69, 9.17) is 9.05 Å². The molecule has 0 atom stereocenters. The van der Waals surface area contributed by atoms with Crippen LogP contribution in [0.5, 0.6) is 0 Å². The second-order valence-corrected chi connectivity index (χ2v) is 7.14. The molecule has 0 aliphatic carbocycles. The van der Waals surface area contributed by atoms with Gasteiger partial charge in [0.05, 0.1) is 17.8 Å². The molecule has 0 spiro atoms. The van der Waals surface area contributed by atoms with Crippen molar-refractivity contribution in [3.63, 3.8) is 0 Å². The predicted molar refractivity (Wildman–Crippen MR) is 83.3 cm³/mol. The lowest BCUT2D eigenvalue weighted by atomic mass is 10.2. The maximum atomic E-state index is 12.3. The Hall–Kier alpha value is -1.75. The van der Waals surface area contributed by atoms with Crippen molar-refractivity contribution in [2.24, 2.45) is 0 Å². The first-order valence-corrected chi connectivity index (χ1v) is 8.52. The van der Waals surface area contributed by atoms with Crippen molar-refractivity contribution < 1.29 is 18.4 Å². The summed E-state index contributed by atoms with van der Waals surface area (Å²) in [6.07, 6.45) is 1.37. The Balaban J connectivity index is 2.16. The molecule has 2 rings (SSSR count). The third kappa shape index (κ3) is 3.91. The predicted octanol–water partition coefficient (Wildman–Crippen LogP) is 2.91. The van der Waals surface area contributed by atoms with Gasteiger partial charge in [-0.15, -0.1) is 0 Å². The van der Waals surface area contributed by atoms with Crippen LogP contribution in [0.25, 0.3) is 0 Å². The van der Waals surface area contributed by atoms with Crippen molar-refractivity contribution in [2.45, 2.75) is 13.5 Å². The zero-order chi connectivity index (χ0) is 16.2. The number of carbonyl (C=O) groups excluding carboxylic acids is 1. The molecule has 0 aliphatic heterocycles. The number of hydrogen-bond acceptors (Lipinski definition) is 5. The molecule has 0 saturated carbocycles. The van der Waals surface area contributed by atoms with Crippen LogP contribution in [0.3, 0.4) is 0 Å². The van der Waals surface area contributed by atoms with E-state index in [1.807, 2.05) is 30.3 Å². The third-order valence-electron chi connectivity index (χ3n) is 3.33. The number of nitrogens with zero attached hydrogens (tertiary/aromatic N) is 2. The highest BCUT2D eigenvalue weighted by Crippen LogP contribution is 2.46. The zero-order valence-electron chi connectivity index (χ0n) is 12.9. The first kappa shape index (κ1) is 16.6. The molecule has 22 heavy (non-hydrogen) atoms. The number of hydrogen-bond donors (Lipinski definition) is 0. The van der Waals surface area contributed by atoms with Gasteiger partial charge in [0.2, 0.25) is 0 Å². The van der Waals surface area contributed by atoms with E-state index < -0.39 is 7.60 Å². The van der Waals surface area contributed by atoms with Crippen LogP contribution in [0.2, 0.25) is 0 Å². The quantitative estimate of drug-likeness (QED) is 0.579. The zero-order valence-corrected chi connectivity index (χ0v) is 13.7. The van der Waals surface area contributed by atoms with Crippen LogP contribution < -0.4 is 0 Å². The van der Waals surface area contributed by atoms with Crippen molar-refractivity contribution in [1.29, 1.82) is 0 Å². The molecule has 0 fully saturated rings. The number of rotatable bonds is 7. The number of ketones is 1. The minimum atomic E-state index is -3.37. The van der Waals surface area contributed by atoms with Gasteiger partial charge in [0.25, 0.3) is 0 Å². The molecule has 6 nitrogen and oxygen atoms in total. The molecular formula is C15H19N2O4P. The topological polar surface area (TPSA) is 70.4 Å². The van der Waals surface area contributed by atoms with Gasteiger partial charge in [0, 0.05) is 20.4 Å². The highest BCUT2D eigenvalue weighted by molar-refractivity contribution is 7.54. The summed E-state index contributed by atoms with van der Waals surface area (Å²) in [5.41, 5.74) is 2.12. The smallest absolute Gasteiger partial charge is 0.312 e. The number of Topliss-reactive ketones (excluding diaryl/α,β-unsaturated/α-hetero) is 1. The summed E-state index contributed by atoms with van der Waals surface area (Å²) >= 11 is 0. The Kier molecular flexibility index (Phi) is 5.29. The highest BCUT2D eigenvalue weighted by Gasteiger charge is 2.28. The molecular weight excluding hydrogens is 303 g/mol. The van der Waals surface area contributed by atoms with Gasteiger partial charge in [-0.25, -0.2) is 0 Å². The van der Waals surface area contributed by atoms with Crippen molar-refractivity contribution in [3.05, 3.63) is 53.3 Å². The minimum Gasteiger partial charge on any atom is -0.312 e. The molecule has 0 radical (unpaired) electrons. The van der Waals surface area contributed by atoms with Gasteiger partial charge in [-0.2, -0.15) is 5.10 Å². The normalized spacial score (nSPS) is 11.6. The van der Waals surface area contributed by atoms with Gasteiger partial charge >= 0.3 is 7.60 Å². The molecule has 0 bridgehead atoms. The summed E-state index contributed by atoms with van der Waals surface area (Å²) in [5, 5.41) is 4.33. The maximum absolute atomic E-state index is 12.3. The average molecular weight is 322 g/mol. The molecule has 7 heteroatoms. The summed E-state index contributed by atoms with van der Waals surface area (Å²) < 4.78 is 23.4. The van der Waals surface area contributed by atoms with Crippen LogP contribution in [0, 0.1) is 6.92 Å². The lowest BCUT2D eigenvalue weighted by Crippen LogP contribution is -2.08. The first-order valence-electron chi connectivity index (χ1n) is 6.79. The van der Waals surface area contributed by atoms with Crippen LogP contribution in [0.4, 0.5) is 0 Å². The number of aromatic nitrogens is 2. The fourth-order valence-corrected chi connectivity index (χ4v) is 3.04. The maximum Gasteiger partial charge on any atom is 0.337 e. The largest absolute Gasteiger partial charge is 0.337 e.